The third kappa shape index (κ3) is 4.31. The average molecular weight is 349 g/mol. The molecule has 0 fully saturated rings. The van der Waals surface area contributed by atoms with E-state index >= 15 is 0 Å². The van der Waals surface area contributed by atoms with Crippen LogP contribution in [0.25, 0.3) is 0 Å². The summed E-state index contributed by atoms with van der Waals surface area (Å²) < 4.78 is 23.3. The quantitative estimate of drug-likeness (QED) is 0.919. The summed E-state index contributed by atoms with van der Waals surface area (Å²) in [7, 11) is -3.51. The molecule has 1 N–H and O–H groups in total. The second-order valence-electron chi connectivity index (χ2n) is 4.91. The van der Waals surface area contributed by atoms with Gasteiger partial charge in [-0.3, -0.25) is 4.79 Å². The summed E-state index contributed by atoms with van der Waals surface area (Å²) in [4.78, 5) is 12.1. The van der Waals surface area contributed by atoms with E-state index in [2.05, 4.69) is 5.32 Å². The Hall–Kier alpha value is -2.36. The molecule has 2 rings (SSSR count). The first-order valence-corrected chi connectivity index (χ1v) is 8.85. The van der Waals surface area contributed by atoms with Crippen LogP contribution >= 0.6 is 11.6 Å². The number of halogens is 1. The van der Waals surface area contributed by atoms with Gasteiger partial charge in [-0.1, -0.05) is 23.7 Å². The third-order valence-electron chi connectivity index (χ3n) is 3.10. The van der Waals surface area contributed by atoms with Crippen LogP contribution in [0.1, 0.15) is 21.5 Å². The van der Waals surface area contributed by atoms with E-state index < -0.39 is 15.7 Å². The van der Waals surface area contributed by atoms with Gasteiger partial charge in [0.1, 0.15) is 0 Å². The summed E-state index contributed by atoms with van der Waals surface area (Å²) in [5.41, 5.74) is 1.48. The van der Waals surface area contributed by atoms with Crippen molar-refractivity contribution in [1.29, 1.82) is 5.26 Å². The Morgan fingerprint density at radius 3 is 2.65 bits per heavy atom. The molecule has 1 amide bonds. The first kappa shape index (κ1) is 17.0. The highest BCUT2D eigenvalue weighted by atomic mass is 35.5. The number of hydrogen-bond acceptors (Lipinski definition) is 4. The van der Waals surface area contributed by atoms with Crippen LogP contribution < -0.4 is 5.32 Å². The van der Waals surface area contributed by atoms with Gasteiger partial charge in [-0.25, -0.2) is 8.42 Å². The van der Waals surface area contributed by atoms with Gasteiger partial charge in [0.25, 0.3) is 5.91 Å². The standard InChI is InChI=1S/C16H13ClN2O3S/c1-23(21,22)15-8-13(5-6-14(15)17)16(20)19-10-12-4-2-3-11(7-12)9-18/h2-8H,10H2,1H3,(H,19,20). The highest BCUT2D eigenvalue weighted by molar-refractivity contribution is 7.90. The summed E-state index contributed by atoms with van der Waals surface area (Å²) in [6.07, 6.45) is 1.03. The van der Waals surface area contributed by atoms with Crippen molar-refractivity contribution in [2.24, 2.45) is 0 Å². The molecule has 23 heavy (non-hydrogen) atoms. The molecule has 0 spiro atoms. The van der Waals surface area contributed by atoms with Crippen LogP contribution in [0.15, 0.2) is 47.4 Å². The smallest absolute Gasteiger partial charge is 0.251 e. The lowest BCUT2D eigenvalue weighted by Crippen LogP contribution is -2.23. The Morgan fingerprint density at radius 1 is 1.26 bits per heavy atom. The number of nitriles is 1. The molecule has 0 aromatic heterocycles. The molecule has 2 aromatic rings. The maximum Gasteiger partial charge on any atom is 0.251 e. The minimum absolute atomic E-state index is 0.0748. The van der Waals surface area contributed by atoms with Gasteiger partial charge in [-0.2, -0.15) is 5.26 Å². The molecule has 118 valence electrons. The Morgan fingerprint density at radius 2 is 2.00 bits per heavy atom. The summed E-state index contributed by atoms with van der Waals surface area (Å²) in [5, 5.41) is 11.6. The topological polar surface area (TPSA) is 87.0 Å². The van der Waals surface area contributed by atoms with E-state index in [4.69, 9.17) is 16.9 Å². The Kier molecular flexibility index (Phi) is 5.04. The fourth-order valence-electron chi connectivity index (χ4n) is 1.96. The van der Waals surface area contributed by atoms with Gasteiger partial charge in [0, 0.05) is 18.4 Å². The van der Waals surface area contributed by atoms with E-state index in [-0.39, 0.29) is 22.0 Å². The van der Waals surface area contributed by atoms with Gasteiger partial charge >= 0.3 is 0 Å². The molecular formula is C16H13ClN2O3S. The fourth-order valence-corrected chi connectivity index (χ4v) is 3.27. The zero-order valence-corrected chi connectivity index (χ0v) is 13.8. The van der Waals surface area contributed by atoms with E-state index in [9.17, 15) is 13.2 Å². The molecule has 5 nitrogen and oxygen atoms in total. The van der Waals surface area contributed by atoms with Crippen LogP contribution in [0.3, 0.4) is 0 Å². The molecule has 0 heterocycles. The molecular weight excluding hydrogens is 336 g/mol. The van der Waals surface area contributed by atoms with Gasteiger partial charge in [0.15, 0.2) is 9.84 Å². The maximum absolute atomic E-state index is 12.1. The summed E-state index contributed by atoms with van der Waals surface area (Å²) in [6, 6.07) is 13.0. The van der Waals surface area contributed by atoms with Gasteiger partial charge < -0.3 is 5.32 Å². The minimum atomic E-state index is -3.51. The molecule has 0 radical (unpaired) electrons. The summed E-state index contributed by atoms with van der Waals surface area (Å²) in [6.45, 7) is 0.227. The number of rotatable bonds is 4. The van der Waals surface area contributed by atoms with Crippen molar-refractivity contribution < 1.29 is 13.2 Å². The van der Waals surface area contributed by atoms with Gasteiger partial charge in [0.2, 0.25) is 0 Å². The molecule has 0 aliphatic heterocycles. The van der Waals surface area contributed by atoms with Crippen LogP contribution in [-0.2, 0) is 16.4 Å². The predicted octanol–water partition coefficient (Wildman–Crippen LogP) is 2.55. The van der Waals surface area contributed by atoms with Crippen molar-refractivity contribution in [1.82, 2.24) is 5.32 Å². The normalized spacial score (nSPS) is 10.8. The largest absolute Gasteiger partial charge is 0.348 e. The van der Waals surface area contributed by atoms with Crippen LogP contribution in [-0.4, -0.2) is 20.6 Å². The number of amides is 1. The van der Waals surface area contributed by atoms with Crippen molar-refractivity contribution in [2.45, 2.75) is 11.4 Å². The molecule has 0 bridgehead atoms. The second-order valence-corrected chi connectivity index (χ2v) is 7.30. The SMILES string of the molecule is CS(=O)(=O)c1cc(C(=O)NCc2cccc(C#N)c2)ccc1Cl. The van der Waals surface area contributed by atoms with Crippen LogP contribution in [0, 0.1) is 11.3 Å². The zero-order valence-electron chi connectivity index (χ0n) is 12.2. The Labute approximate surface area is 139 Å². The summed E-state index contributed by atoms with van der Waals surface area (Å²) in [5.74, 6) is -0.422. The zero-order chi connectivity index (χ0) is 17.0. The van der Waals surface area contributed by atoms with E-state index in [0.29, 0.717) is 5.56 Å². The predicted molar refractivity (Wildman–Crippen MR) is 86.9 cm³/mol. The van der Waals surface area contributed by atoms with E-state index in [1.54, 1.807) is 24.3 Å². The highest BCUT2D eigenvalue weighted by Crippen LogP contribution is 2.22. The first-order chi connectivity index (χ1) is 10.8. The van der Waals surface area contributed by atoms with Crippen molar-refractivity contribution in [3.63, 3.8) is 0 Å². The number of sulfone groups is 1. The van der Waals surface area contributed by atoms with E-state index in [0.717, 1.165) is 11.8 Å². The van der Waals surface area contributed by atoms with Crippen molar-refractivity contribution in [2.75, 3.05) is 6.26 Å². The second kappa shape index (κ2) is 6.82. The van der Waals surface area contributed by atoms with Crippen LogP contribution in [0.5, 0.6) is 0 Å². The van der Waals surface area contributed by atoms with Gasteiger partial charge in [-0.05, 0) is 35.9 Å². The first-order valence-electron chi connectivity index (χ1n) is 6.58. The highest BCUT2D eigenvalue weighted by Gasteiger charge is 2.15. The number of hydrogen-bond donors (Lipinski definition) is 1. The Balaban J connectivity index is 2.17. The molecule has 0 aliphatic rings. The van der Waals surface area contributed by atoms with E-state index in [1.807, 2.05) is 6.07 Å². The third-order valence-corrected chi connectivity index (χ3v) is 4.68. The molecule has 2 aromatic carbocycles. The molecule has 7 heteroatoms. The van der Waals surface area contributed by atoms with Crippen molar-refractivity contribution >= 4 is 27.3 Å². The molecule has 0 atom stereocenters. The van der Waals surface area contributed by atoms with Crippen LogP contribution in [0.2, 0.25) is 5.02 Å². The van der Waals surface area contributed by atoms with Crippen molar-refractivity contribution in [3.8, 4) is 6.07 Å². The monoisotopic (exact) mass is 348 g/mol. The fraction of sp³-hybridized carbons (Fsp3) is 0.125. The molecule has 0 unspecified atom stereocenters. The average Bonchev–Trinajstić information content (AvgIpc) is 2.52. The number of nitrogens with zero attached hydrogens (tertiary/aromatic N) is 1. The van der Waals surface area contributed by atoms with Gasteiger partial charge in [-0.15, -0.1) is 0 Å². The van der Waals surface area contributed by atoms with E-state index in [1.165, 1.54) is 18.2 Å². The van der Waals surface area contributed by atoms with Crippen molar-refractivity contribution in [3.05, 3.63) is 64.2 Å². The molecule has 0 aliphatic carbocycles. The Bertz CT molecular complexity index is 902. The number of benzene rings is 2. The lowest BCUT2D eigenvalue weighted by molar-refractivity contribution is 0.0950. The minimum Gasteiger partial charge on any atom is -0.348 e. The lowest BCUT2D eigenvalue weighted by Gasteiger charge is -2.08. The molecule has 0 saturated heterocycles. The molecule has 0 saturated carbocycles. The number of carbonyl (C=O) groups is 1. The lowest BCUT2D eigenvalue weighted by atomic mass is 10.1. The number of carbonyl (C=O) groups excluding carboxylic acids is 1. The van der Waals surface area contributed by atoms with Gasteiger partial charge in [0.05, 0.1) is 21.6 Å². The van der Waals surface area contributed by atoms with Crippen LogP contribution in [0.4, 0.5) is 0 Å². The number of nitrogens with one attached hydrogen (secondary N) is 1. The maximum atomic E-state index is 12.1. The summed E-state index contributed by atoms with van der Waals surface area (Å²) >= 11 is 5.85.